The summed E-state index contributed by atoms with van der Waals surface area (Å²) >= 11 is 7.05. The Morgan fingerprint density at radius 3 is 1.48 bits per heavy atom. The van der Waals surface area contributed by atoms with Crippen molar-refractivity contribution in [1.82, 2.24) is 5.32 Å². The van der Waals surface area contributed by atoms with E-state index in [4.69, 9.17) is 21.1 Å². The third-order valence-corrected chi connectivity index (χ3v) is 12.8. The molecule has 0 saturated heterocycles. The molecule has 7 nitrogen and oxygen atoms in total. The summed E-state index contributed by atoms with van der Waals surface area (Å²) in [5.41, 5.74) is 5.00. The average Bonchev–Trinajstić information content (AvgIpc) is 4.09. The summed E-state index contributed by atoms with van der Waals surface area (Å²) in [7, 11) is 0. The third kappa shape index (κ3) is 11.1. The molecule has 0 atom stereocenters. The number of carbonyl (C=O) groups excluding carboxylic acids is 2. The number of rotatable bonds is 12. The summed E-state index contributed by atoms with van der Waals surface area (Å²) in [4.78, 5) is 27.5. The van der Waals surface area contributed by atoms with Gasteiger partial charge in [-0.3, -0.25) is 9.59 Å². The number of amides is 2. The smallest absolute Gasteiger partial charge is 0.426 e. The van der Waals surface area contributed by atoms with E-state index in [1.165, 1.54) is 6.07 Å². The van der Waals surface area contributed by atoms with Crippen LogP contribution in [-0.2, 0) is 48.0 Å². The van der Waals surface area contributed by atoms with Gasteiger partial charge in [0.2, 0.25) is 11.8 Å². The zero-order valence-electron chi connectivity index (χ0n) is 34.1. The average molecular weight is 926 g/mol. The predicted molar refractivity (Wildman–Crippen MR) is 237 cm³/mol. The fourth-order valence-corrected chi connectivity index (χ4v) is 9.40. The Morgan fingerprint density at radius 2 is 1.08 bits per heavy atom. The highest BCUT2D eigenvalue weighted by atomic mass is 35.5. The highest BCUT2D eigenvalue weighted by molar-refractivity contribution is 7.13. The molecule has 0 saturated carbocycles. The van der Waals surface area contributed by atoms with Gasteiger partial charge in [0, 0.05) is 51.4 Å². The summed E-state index contributed by atoms with van der Waals surface area (Å²) < 4.78 is 92.9. The van der Waals surface area contributed by atoms with Crippen LogP contribution in [0.15, 0.2) is 109 Å². The number of carbonyl (C=O) groups is 2. The van der Waals surface area contributed by atoms with Gasteiger partial charge in [0.05, 0.1) is 6.54 Å². The Bertz CT molecular complexity index is 2540. The molecule has 0 aliphatic carbocycles. The number of anilines is 2. The number of ether oxygens (including phenoxy) is 2. The molecule has 2 aliphatic rings. The largest absolute Gasteiger partial charge is 0.488 e. The molecule has 63 heavy (non-hydrogen) atoms. The van der Waals surface area contributed by atoms with E-state index in [1.807, 2.05) is 32.0 Å². The molecule has 2 amide bonds. The Hall–Kier alpha value is -5.35. The SMILES string of the molecule is CC(C)NCC(=O)N1CCc2cc(OCc3cc(-c4ccccc4)c(C(F)(F)F)s3)ccc21.O=C(CCl)N1CCc2cc(OCc3cc(-c4ccccc4)c(C(F)(F)F)s3)ccc21. The lowest BCUT2D eigenvalue weighted by molar-refractivity contribution is -0.134. The Kier molecular flexibility index (Phi) is 14.2. The number of alkyl halides is 7. The number of hydrogen-bond acceptors (Lipinski definition) is 7. The molecule has 4 aromatic carbocycles. The molecule has 0 unspecified atom stereocenters. The van der Waals surface area contributed by atoms with Gasteiger partial charge in [-0.1, -0.05) is 74.5 Å². The summed E-state index contributed by atoms with van der Waals surface area (Å²) in [6, 6.07) is 31.2. The number of thiophene rings is 2. The van der Waals surface area contributed by atoms with Crippen LogP contribution in [0.2, 0.25) is 0 Å². The Morgan fingerprint density at radius 1 is 0.651 bits per heavy atom. The minimum Gasteiger partial charge on any atom is -0.488 e. The third-order valence-electron chi connectivity index (χ3n) is 10.3. The lowest BCUT2D eigenvalue weighted by atomic mass is 10.1. The second-order valence-corrected chi connectivity index (χ2v) is 17.6. The fourth-order valence-electron chi connectivity index (χ4n) is 7.33. The van der Waals surface area contributed by atoms with Gasteiger partial charge >= 0.3 is 12.4 Å². The molecular formula is C47H42ClF6N3O4S2. The van der Waals surface area contributed by atoms with Crippen molar-refractivity contribution in [2.75, 3.05) is 35.3 Å². The lowest BCUT2D eigenvalue weighted by Crippen LogP contribution is -2.39. The van der Waals surface area contributed by atoms with Gasteiger partial charge in [0.1, 0.15) is 40.3 Å². The predicted octanol–water partition coefficient (Wildman–Crippen LogP) is 12.0. The second kappa shape index (κ2) is 19.6. The van der Waals surface area contributed by atoms with Crippen LogP contribution in [0.25, 0.3) is 22.3 Å². The number of halogens is 7. The van der Waals surface area contributed by atoms with Crippen LogP contribution < -0.4 is 24.6 Å². The molecule has 330 valence electrons. The van der Waals surface area contributed by atoms with Crippen molar-refractivity contribution >= 4 is 57.5 Å². The first-order valence-electron chi connectivity index (χ1n) is 20.0. The normalized spacial score (nSPS) is 13.4. The quantitative estimate of drug-likeness (QED) is 0.0978. The number of nitrogens with zero attached hydrogens (tertiary/aromatic N) is 2. The minimum absolute atomic E-state index is 0.0165. The van der Waals surface area contributed by atoms with Crippen molar-refractivity contribution in [1.29, 1.82) is 0 Å². The number of benzene rings is 4. The molecule has 0 bridgehead atoms. The molecule has 2 aliphatic heterocycles. The van der Waals surface area contributed by atoms with Crippen molar-refractivity contribution in [3.8, 4) is 33.8 Å². The van der Waals surface area contributed by atoms with E-state index in [-0.39, 0.29) is 54.6 Å². The van der Waals surface area contributed by atoms with Gasteiger partial charge in [-0.15, -0.1) is 34.3 Å². The topological polar surface area (TPSA) is 71.1 Å². The molecule has 4 heterocycles. The number of hydrogen-bond donors (Lipinski definition) is 1. The molecule has 0 fully saturated rings. The van der Waals surface area contributed by atoms with E-state index in [9.17, 15) is 35.9 Å². The zero-order chi connectivity index (χ0) is 44.9. The number of fused-ring (bicyclic) bond motifs is 2. The van der Waals surface area contributed by atoms with E-state index in [0.717, 1.165) is 28.9 Å². The Balaban J connectivity index is 0.000000190. The zero-order valence-corrected chi connectivity index (χ0v) is 36.5. The maximum Gasteiger partial charge on any atom is 0.426 e. The summed E-state index contributed by atoms with van der Waals surface area (Å²) in [5.74, 6) is 0.906. The number of nitrogens with one attached hydrogen (secondary N) is 1. The van der Waals surface area contributed by atoms with E-state index >= 15 is 0 Å². The standard InChI is InChI=1S/C25H25F3N2O2S.C22H17ClF3NO2S/c1-16(2)29-14-23(31)30-11-10-18-12-19(8-9-22(18)30)32-15-20-13-21(17-6-4-3-5-7-17)24(33-20)25(26,27)28;23-12-20(28)27-9-8-15-10-16(6-7-19(15)27)29-13-17-11-18(14-4-2-1-3-5-14)21(30-17)22(24,25)26/h3-9,12-13,16,29H,10-11,14-15H2,1-2H3;1-7,10-11H,8-9,12-13H2. The maximum absolute atomic E-state index is 13.6. The fraction of sp³-hybridized carbons (Fsp3) is 0.277. The van der Waals surface area contributed by atoms with Crippen LogP contribution in [0.5, 0.6) is 11.5 Å². The molecule has 0 spiro atoms. The summed E-state index contributed by atoms with van der Waals surface area (Å²) in [6.07, 6.45) is -7.46. The Labute approximate surface area is 373 Å². The molecular weight excluding hydrogens is 884 g/mol. The molecule has 16 heteroatoms. The van der Waals surface area contributed by atoms with Crippen molar-refractivity contribution in [2.45, 2.75) is 58.3 Å². The van der Waals surface area contributed by atoms with Crippen LogP contribution in [0.3, 0.4) is 0 Å². The summed E-state index contributed by atoms with van der Waals surface area (Å²) in [6.45, 7) is 5.50. The van der Waals surface area contributed by atoms with E-state index < -0.39 is 22.1 Å². The molecule has 1 N–H and O–H groups in total. The van der Waals surface area contributed by atoms with Gasteiger partial charge in [-0.2, -0.15) is 26.3 Å². The minimum atomic E-state index is -4.43. The highest BCUT2D eigenvalue weighted by Crippen LogP contribution is 2.45. The first-order valence-corrected chi connectivity index (χ1v) is 22.2. The summed E-state index contributed by atoms with van der Waals surface area (Å²) in [5, 5.41) is 3.14. The van der Waals surface area contributed by atoms with Crippen molar-refractivity contribution in [3.63, 3.8) is 0 Å². The van der Waals surface area contributed by atoms with Crippen molar-refractivity contribution < 1.29 is 45.4 Å². The molecule has 8 rings (SSSR count). The molecule has 2 aromatic heterocycles. The monoisotopic (exact) mass is 925 g/mol. The van der Waals surface area contributed by atoms with Crippen LogP contribution in [-0.4, -0.2) is 43.4 Å². The van der Waals surface area contributed by atoms with Gasteiger partial charge in [-0.25, -0.2) is 0 Å². The van der Waals surface area contributed by atoms with Gasteiger partial charge in [0.15, 0.2) is 0 Å². The molecule has 0 radical (unpaired) electrons. The van der Waals surface area contributed by atoms with Crippen LogP contribution in [0.1, 0.15) is 44.5 Å². The maximum atomic E-state index is 13.6. The molecule has 6 aromatic rings. The van der Waals surface area contributed by atoms with Gasteiger partial charge in [-0.05, 0) is 83.6 Å². The van der Waals surface area contributed by atoms with E-state index in [2.05, 4.69) is 5.32 Å². The second-order valence-electron chi connectivity index (χ2n) is 15.1. The van der Waals surface area contributed by atoms with Crippen molar-refractivity contribution in [3.05, 3.63) is 140 Å². The van der Waals surface area contributed by atoms with E-state index in [1.54, 1.807) is 94.7 Å². The van der Waals surface area contributed by atoms with Crippen LogP contribution in [0, 0.1) is 0 Å². The van der Waals surface area contributed by atoms with Crippen LogP contribution >= 0.6 is 34.3 Å². The van der Waals surface area contributed by atoms with Crippen LogP contribution in [0.4, 0.5) is 37.7 Å². The van der Waals surface area contributed by atoms with Gasteiger partial charge < -0.3 is 24.6 Å². The lowest BCUT2D eigenvalue weighted by Gasteiger charge is -2.19. The first kappa shape index (κ1) is 45.7. The van der Waals surface area contributed by atoms with Crippen molar-refractivity contribution in [2.24, 2.45) is 0 Å². The van der Waals surface area contributed by atoms with Gasteiger partial charge in [0.25, 0.3) is 0 Å². The first-order chi connectivity index (χ1) is 30.1. The highest BCUT2D eigenvalue weighted by Gasteiger charge is 2.37. The van der Waals surface area contributed by atoms with E-state index in [0.29, 0.717) is 74.6 Å².